The Morgan fingerprint density at radius 3 is 2.02 bits per heavy atom. The third-order valence-corrected chi connectivity index (χ3v) is 6.22. The van der Waals surface area contributed by atoms with Gasteiger partial charge < -0.3 is 16.4 Å². The van der Waals surface area contributed by atoms with Crippen LogP contribution < -0.4 is 16.4 Å². The molecular formula is C37H66N4. The number of anilines is 2. The summed E-state index contributed by atoms with van der Waals surface area (Å²) in [5, 5.41) is 7.07. The van der Waals surface area contributed by atoms with Crippen molar-refractivity contribution in [2.24, 2.45) is 5.73 Å². The van der Waals surface area contributed by atoms with Crippen LogP contribution in [-0.2, 0) is 6.42 Å². The number of nitrogens with zero attached hydrogens (tertiary/aromatic N) is 1. The molecule has 0 bridgehead atoms. The molecule has 0 aliphatic heterocycles. The quantitative estimate of drug-likeness (QED) is 0.164. The van der Waals surface area contributed by atoms with Gasteiger partial charge in [0, 0.05) is 42.4 Å². The fourth-order valence-corrected chi connectivity index (χ4v) is 3.93. The molecule has 0 saturated carbocycles. The molecule has 4 heteroatoms. The van der Waals surface area contributed by atoms with Crippen molar-refractivity contribution in [3.05, 3.63) is 96.9 Å². The van der Waals surface area contributed by atoms with E-state index in [0.717, 1.165) is 68.1 Å². The van der Waals surface area contributed by atoms with Crippen LogP contribution in [0, 0.1) is 0 Å². The summed E-state index contributed by atoms with van der Waals surface area (Å²) < 4.78 is 0. The summed E-state index contributed by atoms with van der Waals surface area (Å²) in [5.41, 5.74) is 14.0. The Kier molecular flexibility index (Phi) is 29.9. The molecule has 1 unspecified atom stereocenters. The fraction of sp³-hybridized carbons (Fsp3) is 0.514. The molecule has 0 spiro atoms. The van der Waals surface area contributed by atoms with Crippen LogP contribution in [0.3, 0.4) is 0 Å². The van der Waals surface area contributed by atoms with E-state index in [1.807, 2.05) is 58.9 Å². The van der Waals surface area contributed by atoms with Gasteiger partial charge in [-0.2, -0.15) is 0 Å². The zero-order valence-corrected chi connectivity index (χ0v) is 28.6. The minimum absolute atomic E-state index is 0.435. The molecule has 41 heavy (non-hydrogen) atoms. The van der Waals surface area contributed by atoms with Crippen LogP contribution in [0.5, 0.6) is 0 Å². The summed E-state index contributed by atoms with van der Waals surface area (Å²) in [6, 6.07) is 4.32. The lowest BCUT2D eigenvalue weighted by Gasteiger charge is -2.26. The summed E-state index contributed by atoms with van der Waals surface area (Å²) in [5.74, 6) is 0.435. The second-order valence-corrected chi connectivity index (χ2v) is 9.46. The van der Waals surface area contributed by atoms with Crippen molar-refractivity contribution in [2.45, 2.75) is 101 Å². The van der Waals surface area contributed by atoms with Crippen LogP contribution in [0.1, 0.15) is 106 Å². The van der Waals surface area contributed by atoms with Crippen molar-refractivity contribution in [3.63, 3.8) is 0 Å². The molecule has 0 aliphatic rings. The molecule has 1 rings (SSSR count). The summed E-state index contributed by atoms with van der Waals surface area (Å²) in [7, 11) is 0. The maximum Gasteiger partial charge on any atom is 0.0421 e. The topological polar surface area (TPSA) is 53.3 Å². The van der Waals surface area contributed by atoms with Gasteiger partial charge in [-0.1, -0.05) is 118 Å². The van der Waals surface area contributed by atoms with Crippen molar-refractivity contribution in [1.29, 1.82) is 0 Å². The lowest BCUT2D eigenvalue weighted by Crippen LogP contribution is -2.32. The van der Waals surface area contributed by atoms with Crippen molar-refractivity contribution in [2.75, 3.05) is 36.8 Å². The van der Waals surface area contributed by atoms with Crippen LogP contribution in [0.25, 0.3) is 0 Å². The van der Waals surface area contributed by atoms with Gasteiger partial charge in [0.25, 0.3) is 0 Å². The molecule has 4 nitrogen and oxygen atoms in total. The average Bonchev–Trinajstić information content (AvgIpc) is 2.98. The van der Waals surface area contributed by atoms with Gasteiger partial charge in [-0.3, -0.25) is 4.90 Å². The average molecular weight is 567 g/mol. The molecule has 1 atom stereocenters. The maximum absolute atomic E-state index is 5.74. The second kappa shape index (κ2) is 28.7. The Hall–Kier alpha value is -2.82. The van der Waals surface area contributed by atoms with Crippen molar-refractivity contribution >= 4 is 11.4 Å². The van der Waals surface area contributed by atoms with Gasteiger partial charge >= 0.3 is 0 Å². The molecule has 0 radical (unpaired) electrons. The number of allylic oxidation sites excluding steroid dienone is 7. The third kappa shape index (κ3) is 19.8. The van der Waals surface area contributed by atoms with E-state index in [9.17, 15) is 0 Å². The van der Waals surface area contributed by atoms with Crippen LogP contribution in [0.15, 0.2) is 85.8 Å². The van der Waals surface area contributed by atoms with E-state index in [4.69, 9.17) is 5.73 Å². The van der Waals surface area contributed by atoms with E-state index in [1.165, 1.54) is 16.7 Å². The van der Waals surface area contributed by atoms with Gasteiger partial charge in [-0.05, 0) is 75.3 Å². The van der Waals surface area contributed by atoms with Gasteiger partial charge in [0.2, 0.25) is 0 Å². The van der Waals surface area contributed by atoms with Gasteiger partial charge in [0.05, 0.1) is 0 Å². The maximum atomic E-state index is 5.74. The number of nitrogens with one attached hydrogen (secondary N) is 2. The van der Waals surface area contributed by atoms with Crippen molar-refractivity contribution in [1.82, 2.24) is 4.90 Å². The first kappa shape index (κ1) is 42.6. The molecular weight excluding hydrogens is 500 g/mol. The summed E-state index contributed by atoms with van der Waals surface area (Å²) in [6.45, 7) is 39.9. The smallest absolute Gasteiger partial charge is 0.0421 e. The van der Waals surface area contributed by atoms with Gasteiger partial charge in [0.15, 0.2) is 0 Å². The SMILES string of the molecule is C=C/C=C(/C)CC.C=C/C=C\CCc1c(NC(=C)CN(CC)CCN)ccc(NC(=C)C)c1C(C)CC.CC.CC. The van der Waals surface area contributed by atoms with Crippen molar-refractivity contribution in [3.8, 4) is 0 Å². The van der Waals surface area contributed by atoms with E-state index in [0.29, 0.717) is 12.5 Å². The monoisotopic (exact) mass is 567 g/mol. The minimum Gasteiger partial charge on any atom is -0.359 e. The Labute approximate surface area is 256 Å². The molecule has 0 fully saturated rings. The first-order valence-corrected chi connectivity index (χ1v) is 15.7. The van der Waals surface area contributed by atoms with Crippen LogP contribution in [0.2, 0.25) is 0 Å². The largest absolute Gasteiger partial charge is 0.359 e. The standard InChI is InChI=1S/C26H42N4.C7H12.2C2H6/c1-8-11-12-13-14-23-24(29-22(7)19-30(10-3)18-17-27)15-16-25(28-20(4)5)26(23)21(6)9-2;1-4-6-7(3)5-2;2*1-2/h8,11-12,15-16,21,28-29H,1,4,7,9-10,13-14,17-19,27H2,2-3,5-6H3;4,6H,1,5H2,2-3H3;2*1-2H3/b12-11-;7-6-;;. The lowest BCUT2D eigenvalue weighted by molar-refractivity contribution is 0.322. The van der Waals surface area contributed by atoms with Gasteiger partial charge in [-0.25, -0.2) is 0 Å². The Morgan fingerprint density at radius 2 is 1.59 bits per heavy atom. The highest BCUT2D eigenvalue weighted by molar-refractivity contribution is 5.69. The van der Waals surface area contributed by atoms with E-state index >= 15 is 0 Å². The molecule has 0 saturated heterocycles. The Bertz CT molecular complexity index is 908. The highest BCUT2D eigenvalue weighted by Gasteiger charge is 2.18. The first-order valence-electron chi connectivity index (χ1n) is 15.7. The predicted molar refractivity (Wildman–Crippen MR) is 192 cm³/mol. The van der Waals surface area contributed by atoms with E-state index in [2.05, 4.69) is 94.7 Å². The zero-order valence-electron chi connectivity index (χ0n) is 28.6. The van der Waals surface area contributed by atoms with Crippen LogP contribution in [-0.4, -0.2) is 31.1 Å². The number of benzene rings is 1. The molecule has 0 amide bonds. The predicted octanol–water partition coefficient (Wildman–Crippen LogP) is 10.6. The first-order chi connectivity index (χ1) is 19.7. The highest BCUT2D eigenvalue weighted by Crippen LogP contribution is 2.37. The summed E-state index contributed by atoms with van der Waals surface area (Å²) in [4.78, 5) is 2.30. The number of likely N-dealkylation sites (N-methyl/N-ethyl adjacent to an activating group) is 1. The number of hydrogen-bond donors (Lipinski definition) is 3. The number of rotatable bonds is 17. The zero-order chi connectivity index (χ0) is 32.2. The molecule has 1 aromatic rings. The highest BCUT2D eigenvalue weighted by atomic mass is 15.1. The van der Waals surface area contributed by atoms with Gasteiger partial charge in [0.1, 0.15) is 0 Å². The second-order valence-electron chi connectivity index (χ2n) is 9.46. The third-order valence-electron chi connectivity index (χ3n) is 6.22. The Morgan fingerprint density at radius 1 is 0.976 bits per heavy atom. The number of nitrogens with two attached hydrogens (primary N) is 1. The van der Waals surface area contributed by atoms with E-state index in [1.54, 1.807) is 0 Å². The molecule has 4 N–H and O–H groups in total. The lowest BCUT2D eigenvalue weighted by atomic mass is 9.88. The van der Waals surface area contributed by atoms with E-state index in [-0.39, 0.29) is 0 Å². The Balaban J connectivity index is -0.00000112. The fourth-order valence-electron chi connectivity index (χ4n) is 3.93. The minimum atomic E-state index is 0.435. The van der Waals surface area contributed by atoms with Gasteiger partial charge in [-0.15, -0.1) is 0 Å². The van der Waals surface area contributed by atoms with E-state index < -0.39 is 0 Å². The number of hydrogen-bond acceptors (Lipinski definition) is 4. The molecule has 1 aromatic carbocycles. The molecule has 234 valence electrons. The summed E-state index contributed by atoms with van der Waals surface area (Å²) >= 11 is 0. The van der Waals surface area contributed by atoms with Crippen LogP contribution >= 0.6 is 0 Å². The summed E-state index contributed by atoms with van der Waals surface area (Å²) in [6.07, 6.45) is 14.0. The van der Waals surface area contributed by atoms with Crippen molar-refractivity contribution < 1.29 is 0 Å². The van der Waals surface area contributed by atoms with Crippen LogP contribution in [0.4, 0.5) is 11.4 Å². The normalized spacial score (nSPS) is 11.2. The molecule has 0 aliphatic carbocycles. The molecule has 0 aromatic heterocycles. The molecule has 0 heterocycles.